The molecule has 0 saturated carbocycles. The standard InChI is InChI=1S/C11H13FN2O2S/c1-16-6-5-13-11(17)14-10(15)8-3-2-4-9(12)7-8/h2-4,7H,5-6H2,1H3,(H2,13,14,15,17). The number of methoxy groups -OCH3 is 1. The van der Waals surface area contributed by atoms with Crippen LogP contribution in [0.25, 0.3) is 0 Å². The number of carbonyl (C=O) groups is 1. The maximum Gasteiger partial charge on any atom is 0.257 e. The van der Waals surface area contributed by atoms with Crippen LogP contribution in [0.3, 0.4) is 0 Å². The summed E-state index contributed by atoms with van der Waals surface area (Å²) in [4.78, 5) is 11.6. The van der Waals surface area contributed by atoms with Gasteiger partial charge in [0.15, 0.2) is 5.11 Å². The fourth-order valence-corrected chi connectivity index (χ4v) is 1.31. The van der Waals surface area contributed by atoms with Crippen LogP contribution in [0.15, 0.2) is 24.3 Å². The second kappa shape index (κ2) is 6.93. The molecule has 4 nitrogen and oxygen atoms in total. The first-order chi connectivity index (χ1) is 8.13. The molecule has 1 rings (SSSR count). The van der Waals surface area contributed by atoms with E-state index in [0.717, 1.165) is 6.07 Å². The number of hydrogen-bond acceptors (Lipinski definition) is 3. The Morgan fingerprint density at radius 2 is 2.29 bits per heavy atom. The Labute approximate surface area is 104 Å². The zero-order valence-corrected chi connectivity index (χ0v) is 10.1. The van der Waals surface area contributed by atoms with Crippen LogP contribution in [-0.4, -0.2) is 31.3 Å². The average molecular weight is 256 g/mol. The number of amides is 1. The lowest BCUT2D eigenvalue weighted by atomic mass is 10.2. The summed E-state index contributed by atoms with van der Waals surface area (Å²) < 4.78 is 17.7. The fourth-order valence-electron chi connectivity index (χ4n) is 1.12. The third-order valence-corrected chi connectivity index (χ3v) is 2.15. The molecule has 1 aromatic rings. The van der Waals surface area contributed by atoms with Gasteiger partial charge >= 0.3 is 0 Å². The molecule has 0 bridgehead atoms. The molecule has 0 radical (unpaired) electrons. The first-order valence-electron chi connectivity index (χ1n) is 4.97. The highest BCUT2D eigenvalue weighted by atomic mass is 32.1. The van der Waals surface area contributed by atoms with Crippen LogP contribution in [0.5, 0.6) is 0 Å². The van der Waals surface area contributed by atoms with Gasteiger partial charge in [0.05, 0.1) is 6.61 Å². The second-order valence-electron chi connectivity index (χ2n) is 3.21. The quantitative estimate of drug-likeness (QED) is 0.625. The van der Waals surface area contributed by atoms with Crippen molar-refractivity contribution < 1.29 is 13.9 Å². The molecule has 0 heterocycles. The number of carbonyl (C=O) groups excluding carboxylic acids is 1. The monoisotopic (exact) mass is 256 g/mol. The van der Waals surface area contributed by atoms with Gasteiger partial charge in [-0.25, -0.2) is 4.39 Å². The van der Waals surface area contributed by atoms with Gasteiger partial charge in [-0.05, 0) is 30.4 Å². The summed E-state index contributed by atoms with van der Waals surface area (Å²) in [6, 6.07) is 5.39. The molecule has 17 heavy (non-hydrogen) atoms. The molecule has 0 saturated heterocycles. The van der Waals surface area contributed by atoms with E-state index in [9.17, 15) is 9.18 Å². The lowest BCUT2D eigenvalue weighted by molar-refractivity contribution is 0.0976. The summed E-state index contributed by atoms with van der Waals surface area (Å²) in [6.07, 6.45) is 0. The summed E-state index contributed by atoms with van der Waals surface area (Å²) in [5.41, 5.74) is 0.223. The van der Waals surface area contributed by atoms with E-state index in [1.807, 2.05) is 0 Å². The van der Waals surface area contributed by atoms with Gasteiger partial charge in [0.1, 0.15) is 5.82 Å². The molecule has 1 amide bonds. The van der Waals surface area contributed by atoms with Crippen LogP contribution in [-0.2, 0) is 4.74 Å². The van der Waals surface area contributed by atoms with Gasteiger partial charge in [0.2, 0.25) is 0 Å². The number of benzene rings is 1. The van der Waals surface area contributed by atoms with Crippen molar-refractivity contribution in [2.45, 2.75) is 0 Å². The van der Waals surface area contributed by atoms with Gasteiger partial charge < -0.3 is 10.1 Å². The Morgan fingerprint density at radius 1 is 1.53 bits per heavy atom. The molecule has 0 unspecified atom stereocenters. The maximum absolute atomic E-state index is 12.9. The van der Waals surface area contributed by atoms with E-state index < -0.39 is 11.7 Å². The van der Waals surface area contributed by atoms with Crippen LogP contribution in [0.4, 0.5) is 4.39 Å². The Morgan fingerprint density at radius 3 is 2.94 bits per heavy atom. The second-order valence-corrected chi connectivity index (χ2v) is 3.62. The molecule has 92 valence electrons. The Bertz CT molecular complexity index is 412. The molecule has 0 aliphatic carbocycles. The topological polar surface area (TPSA) is 50.4 Å². The minimum atomic E-state index is -0.462. The Kier molecular flexibility index (Phi) is 5.51. The van der Waals surface area contributed by atoms with E-state index in [1.165, 1.54) is 18.2 Å². The molecule has 0 fully saturated rings. The predicted octanol–water partition coefficient (Wildman–Crippen LogP) is 1.08. The van der Waals surface area contributed by atoms with E-state index in [-0.39, 0.29) is 10.7 Å². The summed E-state index contributed by atoms with van der Waals surface area (Å²) in [5.74, 6) is -0.907. The summed E-state index contributed by atoms with van der Waals surface area (Å²) in [7, 11) is 1.57. The minimum Gasteiger partial charge on any atom is -0.383 e. The van der Waals surface area contributed by atoms with E-state index in [0.29, 0.717) is 13.2 Å². The smallest absolute Gasteiger partial charge is 0.257 e. The highest BCUT2D eigenvalue weighted by molar-refractivity contribution is 7.80. The molecular weight excluding hydrogens is 243 g/mol. The molecule has 0 aliphatic heterocycles. The van der Waals surface area contributed by atoms with Crippen LogP contribution >= 0.6 is 12.2 Å². The van der Waals surface area contributed by atoms with Crippen molar-refractivity contribution in [2.75, 3.05) is 20.3 Å². The van der Waals surface area contributed by atoms with E-state index >= 15 is 0 Å². The van der Waals surface area contributed by atoms with Crippen molar-refractivity contribution >= 4 is 23.2 Å². The molecule has 6 heteroatoms. The Balaban J connectivity index is 2.46. The highest BCUT2D eigenvalue weighted by Crippen LogP contribution is 2.02. The molecule has 0 spiro atoms. The van der Waals surface area contributed by atoms with Crippen LogP contribution in [0.2, 0.25) is 0 Å². The summed E-state index contributed by atoms with van der Waals surface area (Å²) in [6.45, 7) is 0.981. The average Bonchev–Trinajstić information content (AvgIpc) is 2.29. The number of halogens is 1. The summed E-state index contributed by atoms with van der Waals surface area (Å²) in [5, 5.41) is 5.41. The number of hydrogen-bond donors (Lipinski definition) is 2. The van der Waals surface area contributed by atoms with Gasteiger partial charge in [-0.15, -0.1) is 0 Å². The predicted molar refractivity (Wildman–Crippen MR) is 66.3 cm³/mol. The van der Waals surface area contributed by atoms with E-state index in [4.69, 9.17) is 17.0 Å². The fraction of sp³-hybridized carbons (Fsp3) is 0.273. The van der Waals surface area contributed by atoms with Crippen molar-refractivity contribution in [3.63, 3.8) is 0 Å². The Hall–Kier alpha value is -1.53. The highest BCUT2D eigenvalue weighted by Gasteiger charge is 2.07. The zero-order chi connectivity index (χ0) is 12.7. The lowest BCUT2D eigenvalue weighted by Gasteiger charge is -2.08. The third-order valence-electron chi connectivity index (χ3n) is 1.91. The van der Waals surface area contributed by atoms with Gasteiger partial charge in [-0.1, -0.05) is 6.07 Å². The van der Waals surface area contributed by atoms with Gasteiger partial charge in [0.25, 0.3) is 5.91 Å². The van der Waals surface area contributed by atoms with Crippen molar-refractivity contribution in [2.24, 2.45) is 0 Å². The van der Waals surface area contributed by atoms with Crippen molar-refractivity contribution in [3.05, 3.63) is 35.6 Å². The van der Waals surface area contributed by atoms with Gasteiger partial charge in [-0.3, -0.25) is 10.1 Å². The number of rotatable bonds is 4. The zero-order valence-electron chi connectivity index (χ0n) is 9.33. The van der Waals surface area contributed by atoms with Crippen LogP contribution in [0, 0.1) is 5.82 Å². The number of thiocarbonyl (C=S) groups is 1. The molecule has 0 atom stereocenters. The van der Waals surface area contributed by atoms with Crippen molar-refractivity contribution in [1.29, 1.82) is 0 Å². The van der Waals surface area contributed by atoms with E-state index in [1.54, 1.807) is 7.11 Å². The molecule has 1 aromatic carbocycles. The SMILES string of the molecule is COCCNC(=S)NC(=O)c1cccc(F)c1. The van der Waals surface area contributed by atoms with Crippen LogP contribution in [0.1, 0.15) is 10.4 Å². The maximum atomic E-state index is 12.9. The summed E-state index contributed by atoms with van der Waals surface area (Å²) >= 11 is 4.88. The van der Waals surface area contributed by atoms with Gasteiger partial charge in [0, 0.05) is 19.2 Å². The first kappa shape index (κ1) is 13.5. The lowest BCUT2D eigenvalue weighted by Crippen LogP contribution is -2.40. The first-order valence-corrected chi connectivity index (χ1v) is 5.38. The van der Waals surface area contributed by atoms with Crippen molar-refractivity contribution in [3.8, 4) is 0 Å². The number of ether oxygens (including phenoxy) is 1. The van der Waals surface area contributed by atoms with E-state index in [2.05, 4.69) is 10.6 Å². The molecular formula is C11H13FN2O2S. The van der Waals surface area contributed by atoms with Crippen LogP contribution < -0.4 is 10.6 Å². The molecule has 2 N–H and O–H groups in total. The van der Waals surface area contributed by atoms with Gasteiger partial charge in [-0.2, -0.15) is 0 Å². The third kappa shape index (κ3) is 4.88. The number of nitrogens with one attached hydrogen (secondary N) is 2. The minimum absolute atomic E-state index is 0.191. The molecule has 0 aromatic heterocycles. The molecule has 0 aliphatic rings. The normalized spacial score (nSPS) is 9.76. The van der Waals surface area contributed by atoms with Crippen molar-refractivity contribution in [1.82, 2.24) is 10.6 Å². The largest absolute Gasteiger partial charge is 0.383 e.